The van der Waals surface area contributed by atoms with E-state index in [1.807, 2.05) is 36.4 Å². The zero-order valence-electron chi connectivity index (χ0n) is 35.1. The van der Waals surface area contributed by atoms with Crippen molar-refractivity contribution in [1.82, 2.24) is 0 Å². The summed E-state index contributed by atoms with van der Waals surface area (Å²) < 4.78 is 109. The van der Waals surface area contributed by atoms with Crippen molar-refractivity contribution in [3.05, 3.63) is 151 Å². The van der Waals surface area contributed by atoms with Crippen LogP contribution in [0.5, 0.6) is 0 Å². The lowest BCUT2D eigenvalue weighted by Crippen LogP contribution is -1.98. The molecule has 206 valence electrons. The number of allylic oxidation sites excluding steroid dienone is 4. The summed E-state index contributed by atoms with van der Waals surface area (Å²) in [5, 5.41) is 2.52. The second-order valence-electron chi connectivity index (χ2n) is 9.94. The highest BCUT2D eigenvalue weighted by molar-refractivity contribution is 6.16. The summed E-state index contributed by atoms with van der Waals surface area (Å²) in [7, 11) is 0. The number of para-hydroxylation sites is 1. The third-order valence-electron chi connectivity index (χ3n) is 7.74. The van der Waals surface area contributed by atoms with E-state index in [0.29, 0.717) is 67.3 Å². The summed E-state index contributed by atoms with van der Waals surface area (Å²) in [6.45, 7) is 9.69. The molecule has 0 fully saturated rings. The molecule has 1 heteroatoms. The van der Waals surface area contributed by atoms with E-state index in [9.17, 15) is 1.37 Å². The average molecular weight is 565 g/mol. The molecule has 43 heavy (non-hydrogen) atoms. The van der Waals surface area contributed by atoms with Gasteiger partial charge >= 0.3 is 0 Å². The molecule has 0 saturated heterocycles. The minimum absolute atomic E-state index is 0.0118. The molecule has 0 N–H and O–H groups in total. The summed E-state index contributed by atoms with van der Waals surface area (Å²) in [5.74, 6) is 0. The number of rotatable bonds is 7. The van der Waals surface area contributed by atoms with E-state index < -0.39 is 43.0 Å². The Kier molecular flexibility index (Phi) is 4.08. The van der Waals surface area contributed by atoms with Crippen molar-refractivity contribution in [3.63, 3.8) is 0 Å². The van der Waals surface area contributed by atoms with E-state index in [-0.39, 0.29) is 40.4 Å². The van der Waals surface area contributed by atoms with Crippen LogP contribution in [0.15, 0.2) is 128 Å². The Morgan fingerprint density at radius 3 is 2.33 bits per heavy atom. The van der Waals surface area contributed by atoms with Crippen molar-refractivity contribution < 1.29 is 20.9 Å². The number of hydrogen-bond acceptors (Lipinski definition) is 1. The minimum Gasteiger partial charge on any atom is -0.455 e. The number of hydrogen-bond donors (Lipinski definition) is 0. The van der Waals surface area contributed by atoms with Gasteiger partial charge in [0.15, 0.2) is 0 Å². The van der Waals surface area contributed by atoms with Gasteiger partial charge in [0.1, 0.15) is 11.2 Å². The van der Waals surface area contributed by atoms with Crippen LogP contribution in [0.2, 0.25) is 0 Å². The molecule has 1 aromatic heterocycles. The fraction of sp³-hybridized carbons (Fsp3) is 0.0476. The molecule has 0 amide bonds. The highest BCUT2D eigenvalue weighted by Crippen LogP contribution is 2.47. The smallest absolute Gasteiger partial charge is 0.143 e. The molecule has 6 aromatic rings. The van der Waals surface area contributed by atoms with Gasteiger partial charge in [0, 0.05) is 19.1 Å². The summed E-state index contributed by atoms with van der Waals surface area (Å²) in [6, 6.07) is 14.9. The van der Waals surface area contributed by atoms with Gasteiger partial charge in [-0.25, -0.2) is 0 Å². The fourth-order valence-electron chi connectivity index (χ4n) is 5.95. The third-order valence-corrected chi connectivity index (χ3v) is 7.74. The van der Waals surface area contributed by atoms with Gasteiger partial charge in [-0.15, -0.1) is 0 Å². The van der Waals surface area contributed by atoms with E-state index in [0.717, 1.165) is 11.9 Å². The summed E-state index contributed by atoms with van der Waals surface area (Å²) in [4.78, 5) is 0. The highest BCUT2D eigenvalue weighted by atomic mass is 16.3. The van der Waals surface area contributed by atoms with Gasteiger partial charge in [-0.3, -0.25) is 0 Å². The lowest BCUT2D eigenvalue weighted by molar-refractivity contribution is 0.668. The van der Waals surface area contributed by atoms with Crippen LogP contribution in [-0.2, 0) is 0 Å². The van der Waals surface area contributed by atoms with Crippen molar-refractivity contribution >= 4 is 62.5 Å². The Balaban J connectivity index is 1.69. The van der Waals surface area contributed by atoms with Crippen molar-refractivity contribution in [2.45, 2.75) is 12.8 Å². The monoisotopic (exact) mass is 564 g/mol. The van der Waals surface area contributed by atoms with Gasteiger partial charge in [-0.1, -0.05) is 129 Å². The van der Waals surface area contributed by atoms with Gasteiger partial charge in [0.2, 0.25) is 0 Å². The van der Waals surface area contributed by atoms with E-state index >= 15 is 0 Å². The molecular formula is C42H32O. The van der Waals surface area contributed by atoms with Crippen molar-refractivity contribution in [2.24, 2.45) is 0 Å². The zero-order chi connectivity index (χ0) is 39.6. The van der Waals surface area contributed by atoms with Crippen molar-refractivity contribution in [2.75, 3.05) is 0 Å². The van der Waals surface area contributed by atoms with Gasteiger partial charge in [-0.2, -0.15) is 0 Å². The molecule has 1 aliphatic rings. The Morgan fingerprint density at radius 1 is 0.791 bits per heavy atom. The van der Waals surface area contributed by atoms with E-state index in [2.05, 4.69) is 13.2 Å². The summed E-state index contributed by atoms with van der Waals surface area (Å²) >= 11 is 0. The highest BCUT2D eigenvalue weighted by Gasteiger charge is 2.23. The number of benzene rings is 5. The zero-order valence-corrected chi connectivity index (χ0v) is 23.1. The van der Waals surface area contributed by atoms with Crippen LogP contribution < -0.4 is 0 Å². The summed E-state index contributed by atoms with van der Waals surface area (Å²) in [5.41, 5.74) is 3.33. The van der Waals surface area contributed by atoms with Crippen LogP contribution >= 0.6 is 0 Å². The predicted molar refractivity (Wildman–Crippen MR) is 189 cm³/mol. The molecule has 2 atom stereocenters. The van der Waals surface area contributed by atoms with Gasteiger partial charge in [0.05, 0.1) is 13.7 Å². The fourth-order valence-corrected chi connectivity index (χ4v) is 5.95. The third kappa shape index (κ3) is 4.16. The number of furan rings is 1. The Labute approximate surface area is 269 Å². The maximum absolute atomic E-state index is 9.18. The van der Waals surface area contributed by atoms with E-state index in [4.69, 9.17) is 19.5 Å². The molecule has 0 bridgehead atoms. The second-order valence-corrected chi connectivity index (χ2v) is 9.94. The molecule has 5 aromatic carbocycles. The van der Waals surface area contributed by atoms with Crippen LogP contribution in [0.25, 0.3) is 84.8 Å². The molecule has 1 nitrogen and oxygen atoms in total. The first-order valence-corrected chi connectivity index (χ1v) is 13.6. The molecule has 0 saturated carbocycles. The Hall–Kier alpha value is -5.40. The van der Waals surface area contributed by atoms with Crippen molar-refractivity contribution in [3.8, 4) is 22.3 Å². The maximum Gasteiger partial charge on any atom is 0.143 e. The lowest BCUT2D eigenvalue weighted by atomic mass is 9.81. The largest absolute Gasteiger partial charge is 0.455 e. The van der Waals surface area contributed by atoms with Crippen LogP contribution in [0.3, 0.4) is 0 Å². The van der Waals surface area contributed by atoms with Crippen LogP contribution in [-0.4, -0.2) is 0 Å². The van der Waals surface area contributed by atoms with E-state index in [1.54, 1.807) is 36.4 Å². The average Bonchev–Trinajstić information content (AvgIpc) is 3.58. The van der Waals surface area contributed by atoms with E-state index in [1.165, 1.54) is 0 Å². The predicted octanol–water partition coefficient (Wildman–Crippen LogP) is 12.4. The molecule has 1 heterocycles. The molecule has 7 rings (SSSR count). The molecular weight excluding hydrogens is 520 g/mol. The topological polar surface area (TPSA) is 13.1 Å². The molecule has 2 unspecified atom stereocenters. The van der Waals surface area contributed by atoms with Crippen molar-refractivity contribution in [1.29, 1.82) is 0 Å². The lowest BCUT2D eigenvalue weighted by Gasteiger charge is -2.22. The Bertz CT molecular complexity index is 2790. The van der Waals surface area contributed by atoms with Crippen LogP contribution in [0, 0.1) is 0 Å². The molecule has 0 aliphatic heterocycles. The first-order valence-electron chi connectivity index (χ1n) is 19.9. The molecule has 0 radical (unpaired) electrons. The first kappa shape index (κ1) is 16.3. The SMILES string of the molecule is [2H]C=C([2H])c1c([2H])c([2H])c([2H])c(-c2c(C=C)c(C=C)c(-c3cc(C4=C([2H])C([2H])C([2H])C([2H])=C4[2H])c4oc5ccccc5c4c3)c3ccccc23)c1C([2H])=C[2H]. The molecule has 1 aliphatic carbocycles. The van der Waals surface area contributed by atoms with Gasteiger partial charge in [0.25, 0.3) is 0 Å². The summed E-state index contributed by atoms with van der Waals surface area (Å²) in [6.07, 6.45) is 0.354. The van der Waals surface area contributed by atoms with Gasteiger partial charge in [-0.05, 0) is 91.8 Å². The standard InChI is InChI=1S/C42H32O/c1-5-27-19-16-23-34(30(27)6-2)41-32(8-4)31(7-3)40(35-21-12-13-22-36(35)41)29-25-37(28-17-10-9-11-18-28)42-38(26-29)33-20-14-15-24-39(33)43-42/h5-8,10,12-26H,1-4,9,11H2/i1D,2D,5D,6D,9D,10D,11D,16D,17D,18D,19D,23D. The van der Waals surface area contributed by atoms with Crippen LogP contribution in [0.4, 0.5) is 0 Å². The normalized spacial score (nSPS) is 22.0. The maximum atomic E-state index is 9.18. The quantitative estimate of drug-likeness (QED) is 0.188. The minimum atomic E-state index is -1.40. The first-order chi connectivity index (χ1) is 26.3. The number of fused-ring (bicyclic) bond motifs is 4. The van der Waals surface area contributed by atoms with Gasteiger partial charge < -0.3 is 4.42 Å². The second kappa shape index (κ2) is 10.8. The molecule has 0 spiro atoms. The Morgan fingerprint density at radius 2 is 1.53 bits per heavy atom. The van der Waals surface area contributed by atoms with Crippen LogP contribution in [0.1, 0.15) is 57.1 Å².